The van der Waals surface area contributed by atoms with E-state index in [0.29, 0.717) is 0 Å². The predicted octanol–water partition coefficient (Wildman–Crippen LogP) is 4.22. The summed E-state index contributed by atoms with van der Waals surface area (Å²) in [5.41, 5.74) is 1.09. The van der Waals surface area contributed by atoms with Crippen LogP contribution in [0, 0.1) is 6.92 Å². The van der Waals surface area contributed by atoms with Crippen molar-refractivity contribution in [2.24, 2.45) is 0 Å². The van der Waals surface area contributed by atoms with Gasteiger partial charge in [0.1, 0.15) is 0 Å². The molecular formula is C18H28O4S. The Balaban J connectivity index is 1.71. The fourth-order valence-electron chi connectivity index (χ4n) is 2.90. The number of unbranched alkanes of at least 4 members (excludes halogenated alkanes) is 2. The number of benzene rings is 1. The second-order valence-electron chi connectivity index (χ2n) is 6.43. The van der Waals surface area contributed by atoms with Crippen LogP contribution >= 0.6 is 0 Å². The first-order valence-corrected chi connectivity index (χ1v) is 9.98. The maximum Gasteiger partial charge on any atom is 0.296 e. The van der Waals surface area contributed by atoms with E-state index in [1.165, 1.54) is 12.8 Å². The van der Waals surface area contributed by atoms with E-state index in [-0.39, 0.29) is 17.1 Å². The van der Waals surface area contributed by atoms with Gasteiger partial charge in [-0.2, -0.15) is 8.42 Å². The molecule has 1 aromatic carbocycles. The van der Waals surface area contributed by atoms with Crippen LogP contribution in [-0.4, -0.2) is 27.2 Å². The number of ether oxygens (including phenoxy) is 1. The lowest BCUT2D eigenvalue weighted by Crippen LogP contribution is -2.43. The van der Waals surface area contributed by atoms with E-state index in [1.54, 1.807) is 24.3 Å². The van der Waals surface area contributed by atoms with Crippen molar-refractivity contribution < 1.29 is 17.3 Å². The van der Waals surface area contributed by atoms with Gasteiger partial charge in [-0.1, -0.05) is 37.5 Å². The molecule has 0 saturated carbocycles. The second kappa shape index (κ2) is 8.27. The normalized spacial score (nSPS) is 21.1. The molecule has 23 heavy (non-hydrogen) atoms. The summed E-state index contributed by atoms with van der Waals surface area (Å²) in [4.78, 5) is 0.227. The van der Waals surface area contributed by atoms with Crippen LogP contribution in [0.1, 0.15) is 57.4 Å². The van der Waals surface area contributed by atoms with Crippen molar-refractivity contribution in [1.82, 2.24) is 0 Å². The van der Waals surface area contributed by atoms with Gasteiger partial charge in [0.05, 0.1) is 23.7 Å². The molecule has 1 aliphatic rings. The molecule has 1 aliphatic heterocycles. The first kappa shape index (κ1) is 18.4. The molecule has 0 amide bonds. The third-order valence-electron chi connectivity index (χ3n) is 4.53. The lowest BCUT2D eigenvalue weighted by atomic mass is 9.84. The van der Waals surface area contributed by atoms with Gasteiger partial charge in [0.2, 0.25) is 0 Å². The van der Waals surface area contributed by atoms with Crippen molar-refractivity contribution in [2.75, 3.05) is 13.2 Å². The smallest absolute Gasteiger partial charge is 0.296 e. The Morgan fingerprint density at radius 3 is 2.35 bits per heavy atom. The topological polar surface area (TPSA) is 52.6 Å². The van der Waals surface area contributed by atoms with Gasteiger partial charge in [-0.05, 0) is 51.2 Å². The van der Waals surface area contributed by atoms with Gasteiger partial charge < -0.3 is 4.74 Å². The lowest BCUT2D eigenvalue weighted by Gasteiger charge is -2.42. The molecule has 0 radical (unpaired) electrons. The molecule has 1 heterocycles. The monoisotopic (exact) mass is 340 g/mol. The van der Waals surface area contributed by atoms with Crippen LogP contribution < -0.4 is 0 Å². The minimum Gasteiger partial charge on any atom is -0.375 e. The first-order valence-electron chi connectivity index (χ1n) is 8.57. The van der Waals surface area contributed by atoms with Crippen molar-refractivity contribution in [3.63, 3.8) is 0 Å². The predicted molar refractivity (Wildman–Crippen MR) is 91.0 cm³/mol. The summed E-state index contributed by atoms with van der Waals surface area (Å²) in [7, 11) is -3.63. The van der Waals surface area contributed by atoms with Crippen molar-refractivity contribution in [2.45, 2.75) is 69.3 Å². The third-order valence-corrected chi connectivity index (χ3v) is 5.85. The zero-order valence-corrected chi connectivity index (χ0v) is 15.0. The summed E-state index contributed by atoms with van der Waals surface area (Å²) in [6.07, 6.45) is 7.30. The first-order chi connectivity index (χ1) is 11.0. The van der Waals surface area contributed by atoms with Crippen LogP contribution in [0.15, 0.2) is 29.2 Å². The average Bonchev–Trinajstić information content (AvgIpc) is 2.49. The Bertz CT molecular complexity index is 574. The lowest BCUT2D eigenvalue weighted by molar-refractivity contribution is -0.157. The fraction of sp³-hybridized carbons (Fsp3) is 0.667. The van der Waals surface area contributed by atoms with Crippen LogP contribution in [0.3, 0.4) is 0 Å². The SMILES string of the molecule is CCCCC1(CCCCOS(=O)(=O)c2ccc(C)cc2)CCO1. The van der Waals surface area contributed by atoms with E-state index >= 15 is 0 Å². The van der Waals surface area contributed by atoms with Gasteiger partial charge in [-0.3, -0.25) is 4.18 Å². The highest BCUT2D eigenvalue weighted by Crippen LogP contribution is 2.36. The quantitative estimate of drug-likeness (QED) is 0.473. The Kier molecular flexibility index (Phi) is 6.62. The van der Waals surface area contributed by atoms with Crippen LogP contribution in [0.25, 0.3) is 0 Å². The minimum atomic E-state index is -3.63. The molecule has 4 nitrogen and oxygen atoms in total. The molecule has 0 spiro atoms. The highest BCUT2D eigenvalue weighted by atomic mass is 32.2. The number of hydrogen-bond donors (Lipinski definition) is 0. The second-order valence-corrected chi connectivity index (χ2v) is 8.05. The number of hydrogen-bond acceptors (Lipinski definition) is 4. The molecule has 0 bridgehead atoms. The summed E-state index contributed by atoms with van der Waals surface area (Å²) in [6.45, 7) is 5.21. The Morgan fingerprint density at radius 1 is 1.13 bits per heavy atom. The molecule has 5 heteroatoms. The van der Waals surface area contributed by atoms with Gasteiger partial charge in [0.15, 0.2) is 0 Å². The molecule has 1 atom stereocenters. The van der Waals surface area contributed by atoms with E-state index in [9.17, 15) is 8.42 Å². The molecule has 130 valence electrons. The summed E-state index contributed by atoms with van der Waals surface area (Å²) in [5.74, 6) is 0. The molecule has 0 aromatic heterocycles. The molecular weight excluding hydrogens is 312 g/mol. The van der Waals surface area contributed by atoms with E-state index in [4.69, 9.17) is 8.92 Å². The summed E-state index contributed by atoms with van der Waals surface area (Å²) in [5, 5.41) is 0. The summed E-state index contributed by atoms with van der Waals surface area (Å²) in [6, 6.07) is 6.74. The Morgan fingerprint density at radius 2 is 1.78 bits per heavy atom. The molecule has 1 aromatic rings. The number of aryl methyl sites for hydroxylation is 1. The van der Waals surface area contributed by atoms with Crippen LogP contribution in [-0.2, 0) is 19.0 Å². The van der Waals surface area contributed by atoms with Gasteiger partial charge in [0, 0.05) is 0 Å². The summed E-state index contributed by atoms with van der Waals surface area (Å²) >= 11 is 0. The average molecular weight is 340 g/mol. The number of rotatable bonds is 10. The molecule has 1 fully saturated rings. The van der Waals surface area contributed by atoms with Gasteiger partial charge in [-0.15, -0.1) is 0 Å². The van der Waals surface area contributed by atoms with Crippen molar-refractivity contribution in [3.05, 3.63) is 29.8 Å². The Labute approximate surface area is 140 Å². The molecule has 1 saturated heterocycles. The minimum absolute atomic E-state index is 0.0614. The van der Waals surface area contributed by atoms with Crippen molar-refractivity contribution in [1.29, 1.82) is 0 Å². The molecule has 0 N–H and O–H groups in total. The third kappa shape index (κ3) is 5.30. The zero-order valence-electron chi connectivity index (χ0n) is 14.2. The van der Waals surface area contributed by atoms with Crippen molar-refractivity contribution in [3.8, 4) is 0 Å². The highest BCUT2D eigenvalue weighted by molar-refractivity contribution is 7.86. The summed E-state index contributed by atoms with van der Waals surface area (Å²) < 4.78 is 35.1. The van der Waals surface area contributed by atoms with Gasteiger partial charge in [0.25, 0.3) is 10.1 Å². The maximum atomic E-state index is 12.1. The van der Waals surface area contributed by atoms with E-state index < -0.39 is 10.1 Å². The maximum absolute atomic E-state index is 12.1. The highest BCUT2D eigenvalue weighted by Gasteiger charge is 2.36. The molecule has 1 unspecified atom stereocenters. The van der Waals surface area contributed by atoms with E-state index in [0.717, 1.165) is 44.3 Å². The van der Waals surface area contributed by atoms with Crippen molar-refractivity contribution >= 4 is 10.1 Å². The fourth-order valence-corrected chi connectivity index (χ4v) is 3.84. The van der Waals surface area contributed by atoms with Crippen LogP contribution in [0.2, 0.25) is 0 Å². The van der Waals surface area contributed by atoms with Crippen LogP contribution in [0.5, 0.6) is 0 Å². The standard InChI is InChI=1S/C18H28O4S/c1-3-4-11-18(13-15-21-18)12-5-6-14-22-23(19,20)17-9-7-16(2)8-10-17/h7-10H,3-6,11-15H2,1-2H3. The van der Waals surface area contributed by atoms with Crippen LogP contribution in [0.4, 0.5) is 0 Å². The molecule has 2 rings (SSSR count). The molecule has 0 aliphatic carbocycles. The Hall–Kier alpha value is -0.910. The largest absolute Gasteiger partial charge is 0.375 e. The van der Waals surface area contributed by atoms with E-state index in [1.807, 2.05) is 6.92 Å². The van der Waals surface area contributed by atoms with Gasteiger partial charge >= 0.3 is 0 Å². The van der Waals surface area contributed by atoms with E-state index in [2.05, 4.69) is 6.92 Å². The van der Waals surface area contributed by atoms with Gasteiger partial charge in [-0.25, -0.2) is 0 Å². The zero-order chi connectivity index (χ0) is 16.8.